The maximum absolute atomic E-state index is 11.6. The summed E-state index contributed by atoms with van der Waals surface area (Å²) in [5, 5.41) is 0. The summed E-state index contributed by atoms with van der Waals surface area (Å²) in [7, 11) is 0. The minimum absolute atomic E-state index is 0.213. The lowest BCUT2D eigenvalue weighted by Gasteiger charge is -2.34. The highest BCUT2D eigenvalue weighted by Crippen LogP contribution is 2.42. The van der Waals surface area contributed by atoms with Gasteiger partial charge in [-0.15, -0.1) is 0 Å². The molecule has 0 aromatic heterocycles. The smallest absolute Gasteiger partial charge is 0.140 e. The Hall–Kier alpha value is -1.37. The van der Waals surface area contributed by atoms with Crippen LogP contribution in [0.4, 0.5) is 0 Å². The van der Waals surface area contributed by atoms with Crippen LogP contribution in [0, 0.1) is 11.8 Å². The number of fused-ring (bicyclic) bond motifs is 2. The fourth-order valence-electron chi connectivity index (χ4n) is 2.80. The van der Waals surface area contributed by atoms with Crippen LogP contribution >= 0.6 is 0 Å². The van der Waals surface area contributed by atoms with E-state index in [0.29, 0.717) is 11.7 Å². The number of carbonyl (C=O) groups is 1. The second-order valence-corrected chi connectivity index (χ2v) is 4.54. The van der Waals surface area contributed by atoms with Crippen LogP contribution in [0.2, 0.25) is 0 Å². The van der Waals surface area contributed by atoms with Crippen molar-refractivity contribution >= 4 is 11.4 Å². The molecule has 2 atom stereocenters. The van der Waals surface area contributed by atoms with Crippen LogP contribution in [0.3, 0.4) is 0 Å². The van der Waals surface area contributed by atoms with Gasteiger partial charge in [-0.05, 0) is 29.9 Å². The third-order valence-corrected chi connectivity index (χ3v) is 3.61. The van der Waals surface area contributed by atoms with Crippen LogP contribution in [0.25, 0.3) is 5.57 Å². The van der Waals surface area contributed by atoms with E-state index in [0.717, 1.165) is 12.8 Å². The zero-order valence-corrected chi connectivity index (χ0v) is 8.65. The van der Waals surface area contributed by atoms with Crippen molar-refractivity contribution in [3.8, 4) is 0 Å². The highest BCUT2D eigenvalue weighted by atomic mass is 16.1. The zero-order valence-electron chi connectivity index (χ0n) is 8.65. The molecule has 0 radical (unpaired) electrons. The van der Waals surface area contributed by atoms with Gasteiger partial charge in [0, 0.05) is 12.3 Å². The third kappa shape index (κ3) is 1.43. The van der Waals surface area contributed by atoms with E-state index < -0.39 is 0 Å². The summed E-state index contributed by atoms with van der Waals surface area (Å²) in [5.41, 5.74) is 2.71. The fraction of sp³-hybridized carbons (Fsp3) is 0.357. The van der Waals surface area contributed by atoms with Crippen molar-refractivity contribution < 1.29 is 4.79 Å². The first-order valence-electron chi connectivity index (χ1n) is 5.64. The predicted octanol–water partition coefficient (Wildman–Crippen LogP) is 3.07. The first kappa shape index (κ1) is 8.90. The van der Waals surface area contributed by atoms with E-state index in [1.165, 1.54) is 17.6 Å². The molecule has 4 rings (SSSR count). The lowest BCUT2D eigenvalue weighted by atomic mass is 9.69. The Balaban J connectivity index is 2.02. The SMILES string of the molecule is O=C1C[C@@H]2CC[C@H]1C=C2c1ccccc1. The molecule has 0 amide bonds. The molecule has 15 heavy (non-hydrogen) atoms. The molecule has 1 nitrogen and oxygen atoms in total. The summed E-state index contributed by atoms with van der Waals surface area (Å²) in [6.07, 6.45) is 5.23. The third-order valence-electron chi connectivity index (χ3n) is 3.61. The van der Waals surface area contributed by atoms with E-state index in [-0.39, 0.29) is 5.92 Å². The van der Waals surface area contributed by atoms with Gasteiger partial charge in [0.2, 0.25) is 0 Å². The molecule has 1 heteroatoms. The highest BCUT2D eigenvalue weighted by molar-refractivity contribution is 5.91. The Labute approximate surface area is 89.8 Å². The monoisotopic (exact) mass is 198 g/mol. The molecular weight excluding hydrogens is 184 g/mol. The van der Waals surface area contributed by atoms with Gasteiger partial charge in [0.05, 0.1) is 0 Å². The Morgan fingerprint density at radius 1 is 1.07 bits per heavy atom. The molecule has 0 N–H and O–H groups in total. The molecule has 0 unspecified atom stereocenters. The van der Waals surface area contributed by atoms with E-state index >= 15 is 0 Å². The van der Waals surface area contributed by atoms with E-state index in [4.69, 9.17) is 0 Å². The van der Waals surface area contributed by atoms with Gasteiger partial charge < -0.3 is 0 Å². The van der Waals surface area contributed by atoms with Gasteiger partial charge in [-0.2, -0.15) is 0 Å². The topological polar surface area (TPSA) is 17.1 Å². The van der Waals surface area contributed by atoms with E-state index in [1.54, 1.807) is 0 Å². The van der Waals surface area contributed by atoms with Gasteiger partial charge in [-0.25, -0.2) is 0 Å². The van der Waals surface area contributed by atoms with Crippen LogP contribution in [0.5, 0.6) is 0 Å². The molecule has 3 aliphatic carbocycles. The Kier molecular flexibility index (Phi) is 1.98. The van der Waals surface area contributed by atoms with Crippen LogP contribution in [-0.4, -0.2) is 5.78 Å². The molecule has 0 aliphatic heterocycles. The number of ketones is 1. The molecule has 2 bridgehead atoms. The molecule has 1 fully saturated rings. The van der Waals surface area contributed by atoms with E-state index in [2.05, 4.69) is 30.3 Å². The summed E-state index contributed by atoms with van der Waals surface area (Å²) in [5.74, 6) is 1.15. The molecule has 1 aromatic rings. The average molecular weight is 198 g/mol. The second-order valence-electron chi connectivity index (χ2n) is 4.54. The number of hydrogen-bond donors (Lipinski definition) is 0. The summed E-state index contributed by atoms with van der Waals surface area (Å²) < 4.78 is 0. The van der Waals surface area contributed by atoms with E-state index in [1.807, 2.05) is 6.07 Å². The summed E-state index contributed by atoms with van der Waals surface area (Å²) in [4.78, 5) is 11.6. The lowest BCUT2D eigenvalue weighted by molar-refractivity contribution is -0.124. The minimum atomic E-state index is 0.213. The van der Waals surface area contributed by atoms with Gasteiger partial charge in [0.25, 0.3) is 0 Å². The van der Waals surface area contributed by atoms with Crippen molar-refractivity contribution in [3.63, 3.8) is 0 Å². The van der Waals surface area contributed by atoms with Crippen LogP contribution in [0.15, 0.2) is 36.4 Å². The molecule has 0 saturated heterocycles. The number of carbonyl (C=O) groups excluding carboxylic acids is 1. The Morgan fingerprint density at radius 2 is 1.87 bits per heavy atom. The van der Waals surface area contributed by atoms with Crippen molar-refractivity contribution in [1.82, 2.24) is 0 Å². The van der Waals surface area contributed by atoms with Crippen LogP contribution < -0.4 is 0 Å². The maximum Gasteiger partial charge on any atom is 0.140 e. The van der Waals surface area contributed by atoms with Gasteiger partial charge in [0.15, 0.2) is 0 Å². The average Bonchev–Trinajstić information content (AvgIpc) is 2.31. The first-order chi connectivity index (χ1) is 7.34. The van der Waals surface area contributed by atoms with Crippen molar-refractivity contribution in [3.05, 3.63) is 42.0 Å². The van der Waals surface area contributed by atoms with Crippen molar-refractivity contribution in [2.45, 2.75) is 19.3 Å². The number of rotatable bonds is 1. The predicted molar refractivity (Wildman–Crippen MR) is 60.3 cm³/mol. The van der Waals surface area contributed by atoms with Crippen LogP contribution in [-0.2, 0) is 4.79 Å². The quantitative estimate of drug-likeness (QED) is 0.677. The molecule has 1 aromatic carbocycles. The first-order valence-corrected chi connectivity index (χ1v) is 5.64. The molecule has 3 aliphatic rings. The highest BCUT2D eigenvalue weighted by Gasteiger charge is 2.35. The lowest BCUT2D eigenvalue weighted by Crippen LogP contribution is -2.29. The van der Waals surface area contributed by atoms with Crippen molar-refractivity contribution in [2.24, 2.45) is 11.8 Å². The summed E-state index contributed by atoms with van der Waals surface area (Å²) in [6, 6.07) is 10.5. The molecule has 1 saturated carbocycles. The normalized spacial score (nSPS) is 29.1. The molecule has 0 spiro atoms. The molecule has 0 heterocycles. The van der Waals surface area contributed by atoms with Gasteiger partial charge >= 0.3 is 0 Å². The standard InChI is InChI=1S/C14H14O/c15-14-9-11-6-7-12(14)8-13(11)10-4-2-1-3-5-10/h1-5,8,11-12H,6-7,9H2/t11-,12-/m0/s1. The number of hydrogen-bond acceptors (Lipinski definition) is 1. The maximum atomic E-state index is 11.6. The zero-order chi connectivity index (χ0) is 10.3. The van der Waals surface area contributed by atoms with Crippen LogP contribution in [0.1, 0.15) is 24.8 Å². The largest absolute Gasteiger partial charge is 0.299 e. The van der Waals surface area contributed by atoms with Gasteiger partial charge in [0.1, 0.15) is 5.78 Å². The summed E-state index contributed by atoms with van der Waals surface area (Å²) in [6.45, 7) is 0. The Morgan fingerprint density at radius 3 is 2.47 bits per heavy atom. The van der Waals surface area contributed by atoms with E-state index in [9.17, 15) is 4.79 Å². The van der Waals surface area contributed by atoms with Gasteiger partial charge in [-0.1, -0.05) is 36.4 Å². The minimum Gasteiger partial charge on any atom is -0.299 e. The second kappa shape index (κ2) is 3.34. The number of allylic oxidation sites excluding steroid dienone is 2. The number of benzene rings is 1. The van der Waals surface area contributed by atoms with Gasteiger partial charge in [-0.3, -0.25) is 4.79 Å². The van der Waals surface area contributed by atoms with Crippen molar-refractivity contribution in [1.29, 1.82) is 0 Å². The molecular formula is C14H14O. The molecule has 76 valence electrons. The van der Waals surface area contributed by atoms with Crippen molar-refractivity contribution in [2.75, 3.05) is 0 Å². The Bertz CT molecular complexity index is 416. The number of Topliss-reactive ketones (excluding diaryl/α,β-unsaturated/α-hetero) is 1. The summed E-state index contributed by atoms with van der Waals surface area (Å²) >= 11 is 0. The fourth-order valence-corrected chi connectivity index (χ4v) is 2.80.